The van der Waals surface area contributed by atoms with Crippen LogP contribution in [0.1, 0.15) is 43.4 Å². The Bertz CT molecular complexity index is 1680. The number of nitrogens with zero attached hydrogens (tertiary/aromatic N) is 5. The second kappa shape index (κ2) is 11.7. The average molecular weight is 600 g/mol. The molecule has 1 fully saturated rings. The van der Waals surface area contributed by atoms with Gasteiger partial charge in [-0.3, -0.25) is 4.72 Å². The average Bonchev–Trinajstić information content (AvgIpc) is 2.92. The van der Waals surface area contributed by atoms with E-state index < -0.39 is 16.4 Å². The highest BCUT2D eigenvalue weighted by molar-refractivity contribution is 7.92. The summed E-state index contributed by atoms with van der Waals surface area (Å²) >= 11 is 6.00. The van der Waals surface area contributed by atoms with Gasteiger partial charge >= 0.3 is 0 Å². The number of pyridine rings is 2. The fourth-order valence-corrected chi connectivity index (χ4v) is 6.42. The number of nitrogens with one attached hydrogen (secondary N) is 2. The smallest absolute Gasteiger partial charge is 0.266 e. The van der Waals surface area contributed by atoms with Crippen molar-refractivity contribution in [3.05, 3.63) is 64.9 Å². The molecule has 0 aliphatic heterocycles. The van der Waals surface area contributed by atoms with Crippen molar-refractivity contribution in [2.75, 3.05) is 24.1 Å². The largest absolute Gasteiger partial charge is 0.351 e. The summed E-state index contributed by atoms with van der Waals surface area (Å²) in [7, 11) is 0.108. The minimum Gasteiger partial charge on any atom is -0.351 e. The molecule has 3 heterocycles. The van der Waals surface area contributed by atoms with Crippen LogP contribution in [0.4, 0.5) is 20.5 Å². The van der Waals surface area contributed by atoms with Gasteiger partial charge in [0, 0.05) is 41.0 Å². The van der Waals surface area contributed by atoms with E-state index in [4.69, 9.17) is 11.6 Å². The number of rotatable bonds is 8. The predicted octanol–water partition coefficient (Wildman–Crippen LogP) is 5.67. The third-order valence-corrected chi connectivity index (χ3v) is 9.00. The highest BCUT2D eigenvalue weighted by Gasteiger charge is 2.24. The van der Waals surface area contributed by atoms with Gasteiger partial charge in [-0.2, -0.15) is 0 Å². The van der Waals surface area contributed by atoms with Crippen LogP contribution in [0.3, 0.4) is 0 Å². The molecule has 0 saturated heterocycles. The molecule has 0 bridgehead atoms. The van der Waals surface area contributed by atoms with E-state index in [9.17, 15) is 17.2 Å². The van der Waals surface area contributed by atoms with E-state index in [2.05, 4.69) is 61.1 Å². The Morgan fingerprint density at radius 2 is 1.80 bits per heavy atom. The molecule has 1 aliphatic rings. The van der Waals surface area contributed by atoms with E-state index in [0.29, 0.717) is 23.2 Å². The van der Waals surface area contributed by atoms with Gasteiger partial charge in [0.1, 0.15) is 21.7 Å². The summed E-state index contributed by atoms with van der Waals surface area (Å²) in [5.41, 5.74) is 1.10. The Morgan fingerprint density at radius 3 is 2.46 bits per heavy atom. The molecule has 214 valence electrons. The Morgan fingerprint density at radius 1 is 1.07 bits per heavy atom. The number of hydrogen-bond donors (Lipinski definition) is 2. The quantitative estimate of drug-likeness (QED) is 0.266. The van der Waals surface area contributed by atoms with Crippen LogP contribution in [0.5, 0.6) is 0 Å². The van der Waals surface area contributed by atoms with Crippen molar-refractivity contribution in [3.8, 4) is 11.3 Å². The van der Waals surface area contributed by atoms with Crippen molar-refractivity contribution in [3.63, 3.8) is 0 Å². The summed E-state index contributed by atoms with van der Waals surface area (Å²) in [6, 6.07) is 12.6. The number of alkyl halides is 2. The molecule has 41 heavy (non-hydrogen) atoms. The van der Waals surface area contributed by atoms with E-state index >= 15 is 0 Å². The molecule has 2 N–H and O–H groups in total. The van der Waals surface area contributed by atoms with Gasteiger partial charge in [0.15, 0.2) is 0 Å². The topological polar surface area (TPSA) is 113 Å². The van der Waals surface area contributed by atoms with Gasteiger partial charge < -0.3 is 10.2 Å². The zero-order valence-corrected chi connectivity index (χ0v) is 24.2. The Kier molecular flexibility index (Phi) is 8.22. The van der Waals surface area contributed by atoms with Crippen molar-refractivity contribution in [1.82, 2.24) is 24.8 Å². The number of halogens is 3. The second-order valence-corrected chi connectivity index (χ2v) is 12.2. The summed E-state index contributed by atoms with van der Waals surface area (Å²) in [5.74, 6) is 0.328. The Labute approximate surface area is 242 Å². The maximum Gasteiger partial charge on any atom is 0.266 e. The molecular formula is C28H28ClF2N7O2S. The maximum atomic E-state index is 14.2. The lowest BCUT2D eigenvalue weighted by Gasteiger charge is -2.32. The lowest BCUT2D eigenvalue weighted by atomic mass is 9.91. The van der Waals surface area contributed by atoms with Gasteiger partial charge in [-0.25, -0.2) is 37.1 Å². The minimum absolute atomic E-state index is 0.0123. The molecule has 0 radical (unpaired) electrons. The van der Waals surface area contributed by atoms with Crippen LogP contribution in [0.15, 0.2) is 41.4 Å². The summed E-state index contributed by atoms with van der Waals surface area (Å²) in [4.78, 5) is 19.7. The molecule has 0 unspecified atom stereocenters. The normalized spacial score (nSPS) is 17.6. The SMILES string of the molecule is Cc1nc(NS(=O)(=O)c2cc#ccc2Cl)ccc1-c1cc(C(F)F)c2nc(N[C@H]3CC[C@H](N(C)C)CC3)ncc2n1. The molecule has 4 aromatic rings. The Balaban J connectivity index is 1.40. The maximum absolute atomic E-state index is 14.2. The first kappa shape index (κ1) is 28.9. The highest BCUT2D eigenvalue weighted by atomic mass is 35.5. The van der Waals surface area contributed by atoms with Crippen molar-refractivity contribution >= 4 is 44.4 Å². The van der Waals surface area contributed by atoms with Gasteiger partial charge in [0.05, 0.1) is 16.9 Å². The summed E-state index contributed by atoms with van der Waals surface area (Å²) in [5, 5.41) is 3.29. The van der Waals surface area contributed by atoms with Crippen LogP contribution in [0, 0.1) is 19.1 Å². The van der Waals surface area contributed by atoms with E-state index in [-0.39, 0.29) is 44.1 Å². The van der Waals surface area contributed by atoms with Crippen LogP contribution < -0.4 is 10.0 Å². The van der Waals surface area contributed by atoms with Crippen molar-refractivity contribution in [2.24, 2.45) is 0 Å². The van der Waals surface area contributed by atoms with E-state index in [1.807, 2.05) is 0 Å². The first-order valence-electron chi connectivity index (χ1n) is 13.0. The number of fused-ring (bicyclic) bond motifs is 1. The molecule has 9 nitrogen and oxygen atoms in total. The first-order valence-corrected chi connectivity index (χ1v) is 14.8. The highest BCUT2D eigenvalue weighted by Crippen LogP contribution is 2.33. The lowest BCUT2D eigenvalue weighted by Crippen LogP contribution is -2.36. The van der Waals surface area contributed by atoms with E-state index in [0.717, 1.165) is 25.7 Å². The standard InChI is InChI=1S/C28H28ClF2N7O2S/c1-16-19(12-13-25(33-16)37-41(39,40)24-7-5-4-6-21(24)29)22-14-20(27(30)31)26-23(35-22)15-32-28(36-26)34-17-8-10-18(11-9-17)38(2)3/h6-7,12-15,17-18,27H,8-11H2,1-3H3,(H,33,37)(H,32,34,36)/t17-,18-. The van der Waals surface area contributed by atoms with E-state index in [1.165, 1.54) is 30.5 Å². The Hall–Kier alpha value is -3.66. The molecule has 1 aromatic carbocycles. The fourth-order valence-electron chi connectivity index (χ4n) is 4.98. The predicted molar refractivity (Wildman–Crippen MR) is 154 cm³/mol. The van der Waals surface area contributed by atoms with Gasteiger partial charge in [0.2, 0.25) is 5.95 Å². The molecule has 3 aromatic heterocycles. The number of anilines is 2. The number of aryl methyl sites for hydroxylation is 1. The van der Waals surface area contributed by atoms with Crippen molar-refractivity contribution < 1.29 is 17.2 Å². The molecule has 5 rings (SSSR count). The first-order chi connectivity index (χ1) is 19.5. The third-order valence-electron chi connectivity index (χ3n) is 7.18. The van der Waals surface area contributed by atoms with Gasteiger partial charge in [-0.15, -0.1) is 0 Å². The van der Waals surface area contributed by atoms with Crippen molar-refractivity contribution in [1.29, 1.82) is 0 Å². The molecule has 0 spiro atoms. The van der Waals surface area contributed by atoms with Crippen molar-refractivity contribution in [2.45, 2.75) is 56.0 Å². The van der Waals surface area contributed by atoms with Crippen LogP contribution in [0.25, 0.3) is 22.3 Å². The number of aromatic nitrogens is 4. The molecule has 0 amide bonds. The molecule has 1 saturated carbocycles. The number of sulfonamides is 1. The van der Waals surface area contributed by atoms with E-state index in [1.54, 1.807) is 13.0 Å². The molecule has 1 aliphatic carbocycles. The summed E-state index contributed by atoms with van der Waals surface area (Å²) < 4.78 is 56.4. The second-order valence-electron chi connectivity index (χ2n) is 10.2. The zero-order chi connectivity index (χ0) is 29.3. The zero-order valence-electron chi connectivity index (χ0n) is 22.6. The summed E-state index contributed by atoms with van der Waals surface area (Å²) in [6.45, 7) is 1.63. The monoisotopic (exact) mass is 599 g/mol. The molecule has 0 atom stereocenters. The minimum atomic E-state index is -4.04. The lowest BCUT2D eigenvalue weighted by molar-refractivity contribution is 0.153. The van der Waals surface area contributed by atoms with Crippen LogP contribution in [0.2, 0.25) is 5.02 Å². The van der Waals surface area contributed by atoms with Crippen LogP contribution in [-0.2, 0) is 10.0 Å². The summed E-state index contributed by atoms with van der Waals surface area (Å²) in [6.07, 6.45) is 2.59. The fraction of sp³-hybridized carbons (Fsp3) is 0.357. The van der Waals surface area contributed by atoms with Gasteiger partial charge in [-0.1, -0.05) is 23.7 Å². The molecular weight excluding hydrogens is 572 g/mol. The van der Waals surface area contributed by atoms with Crippen LogP contribution >= 0.6 is 11.6 Å². The third kappa shape index (κ3) is 6.32. The van der Waals surface area contributed by atoms with Gasteiger partial charge in [0.25, 0.3) is 16.4 Å². The molecule has 13 heteroatoms. The number of hydrogen-bond acceptors (Lipinski definition) is 8. The van der Waals surface area contributed by atoms with Gasteiger partial charge in [-0.05, 0) is 64.9 Å². The van der Waals surface area contributed by atoms with Crippen LogP contribution in [-0.4, -0.2) is 59.4 Å².